The van der Waals surface area contributed by atoms with Crippen molar-refractivity contribution in [2.45, 2.75) is 25.8 Å². The van der Waals surface area contributed by atoms with E-state index in [-0.39, 0.29) is 17.6 Å². The van der Waals surface area contributed by atoms with Crippen LogP contribution in [0.2, 0.25) is 0 Å². The fourth-order valence-corrected chi connectivity index (χ4v) is 2.66. The summed E-state index contributed by atoms with van der Waals surface area (Å²) in [6.07, 6.45) is 1.91. The standard InChI is InChI=1S/C14H18N4O3/c1-8(9-4-6-21-7-5-9)15-13(19)11-3-2-10-12(16-11)18-14(20)17-10/h2-3,8-9H,4-7H2,1H3,(H,15,19)(H2,16,17,18,20). The summed E-state index contributed by atoms with van der Waals surface area (Å²) in [4.78, 5) is 32.8. The van der Waals surface area contributed by atoms with Crippen LogP contribution in [0, 0.1) is 5.92 Å². The van der Waals surface area contributed by atoms with E-state index in [2.05, 4.69) is 20.3 Å². The maximum absolute atomic E-state index is 12.2. The highest BCUT2D eigenvalue weighted by molar-refractivity contribution is 5.94. The molecule has 0 saturated carbocycles. The van der Waals surface area contributed by atoms with Crippen LogP contribution in [-0.4, -0.2) is 40.1 Å². The smallest absolute Gasteiger partial charge is 0.325 e. The van der Waals surface area contributed by atoms with Crippen molar-refractivity contribution in [1.29, 1.82) is 0 Å². The van der Waals surface area contributed by atoms with Gasteiger partial charge in [0.1, 0.15) is 5.69 Å². The number of fused-ring (bicyclic) bond motifs is 1. The Morgan fingerprint density at radius 3 is 2.90 bits per heavy atom. The molecule has 3 N–H and O–H groups in total. The average Bonchev–Trinajstić information content (AvgIpc) is 2.87. The molecule has 0 aromatic carbocycles. The van der Waals surface area contributed by atoms with Crippen molar-refractivity contribution >= 4 is 17.1 Å². The number of carbonyl (C=O) groups excluding carboxylic acids is 1. The van der Waals surface area contributed by atoms with E-state index in [1.165, 1.54) is 0 Å². The van der Waals surface area contributed by atoms with Crippen LogP contribution < -0.4 is 11.0 Å². The normalized spacial score (nSPS) is 17.8. The molecule has 1 aliphatic heterocycles. The van der Waals surface area contributed by atoms with Gasteiger partial charge in [-0.05, 0) is 37.8 Å². The maximum Gasteiger partial charge on any atom is 0.325 e. The van der Waals surface area contributed by atoms with Gasteiger partial charge in [0.25, 0.3) is 5.91 Å². The van der Waals surface area contributed by atoms with Crippen molar-refractivity contribution in [3.05, 3.63) is 28.3 Å². The van der Waals surface area contributed by atoms with Gasteiger partial charge in [0.15, 0.2) is 5.65 Å². The van der Waals surface area contributed by atoms with Gasteiger partial charge in [-0.2, -0.15) is 0 Å². The molecule has 1 fully saturated rings. The molecule has 0 radical (unpaired) electrons. The quantitative estimate of drug-likeness (QED) is 0.778. The zero-order chi connectivity index (χ0) is 14.8. The summed E-state index contributed by atoms with van der Waals surface area (Å²) in [5, 5.41) is 2.98. The van der Waals surface area contributed by atoms with Crippen LogP contribution in [0.4, 0.5) is 0 Å². The van der Waals surface area contributed by atoms with Crippen molar-refractivity contribution in [1.82, 2.24) is 20.3 Å². The van der Waals surface area contributed by atoms with Crippen molar-refractivity contribution in [3.63, 3.8) is 0 Å². The Labute approximate surface area is 121 Å². The SMILES string of the molecule is CC(NC(=O)c1ccc2[nH]c(=O)[nH]c2n1)C1CCOCC1. The first kappa shape index (κ1) is 13.8. The van der Waals surface area contributed by atoms with E-state index in [9.17, 15) is 9.59 Å². The number of aromatic amines is 2. The molecule has 1 amide bonds. The zero-order valence-corrected chi connectivity index (χ0v) is 11.8. The highest BCUT2D eigenvalue weighted by Gasteiger charge is 2.22. The number of ether oxygens (including phenoxy) is 1. The summed E-state index contributed by atoms with van der Waals surface area (Å²) in [6, 6.07) is 3.36. The number of rotatable bonds is 3. The van der Waals surface area contributed by atoms with Crippen LogP contribution in [-0.2, 0) is 4.74 Å². The Kier molecular flexibility index (Phi) is 3.74. The number of hydrogen-bond donors (Lipinski definition) is 3. The van der Waals surface area contributed by atoms with Gasteiger partial charge in [-0.25, -0.2) is 9.78 Å². The number of nitrogens with one attached hydrogen (secondary N) is 3. The van der Waals surface area contributed by atoms with E-state index in [0.717, 1.165) is 26.1 Å². The molecular formula is C14H18N4O3. The molecule has 1 saturated heterocycles. The first-order valence-electron chi connectivity index (χ1n) is 7.11. The molecule has 0 bridgehead atoms. The van der Waals surface area contributed by atoms with E-state index in [4.69, 9.17) is 4.74 Å². The lowest BCUT2D eigenvalue weighted by molar-refractivity contribution is 0.0537. The topological polar surface area (TPSA) is 99.9 Å². The number of nitrogens with zero attached hydrogens (tertiary/aromatic N) is 1. The summed E-state index contributed by atoms with van der Waals surface area (Å²) in [5.41, 5.74) is 0.961. The van der Waals surface area contributed by atoms with E-state index in [0.29, 0.717) is 22.8 Å². The largest absolute Gasteiger partial charge is 0.381 e. The molecule has 7 nitrogen and oxygen atoms in total. The maximum atomic E-state index is 12.2. The minimum absolute atomic E-state index is 0.0733. The molecule has 7 heteroatoms. The van der Waals surface area contributed by atoms with Crippen LogP contribution in [0.15, 0.2) is 16.9 Å². The molecular weight excluding hydrogens is 272 g/mol. The third-order valence-electron chi connectivity index (χ3n) is 3.94. The van der Waals surface area contributed by atoms with E-state index in [1.807, 2.05) is 6.92 Å². The second kappa shape index (κ2) is 5.69. The molecule has 0 aliphatic carbocycles. The predicted octanol–water partition coefficient (Wildman–Crippen LogP) is 0.796. The lowest BCUT2D eigenvalue weighted by Crippen LogP contribution is -2.40. The second-order valence-corrected chi connectivity index (χ2v) is 5.38. The van der Waals surface area contributed by atoms with Crippen LogP contribution in [0.5, 0.6) is 0 Å². The summed E-state index contributed by atoms with van der Waals surface area (Å²) >= 11 is 0. The van der Waals surface area contributed by atoms with E-state index < -0.39 is 0 Å². The second-order valence-electron chi connectivity index (χ2n) is 5.38. The van der Waals surface area contributed by atoms with Gasteiger partial charge in [-0.15, -0.1) is 0 Å². The zero-order valence-electron chi connectivity index (χ0n) is 11.8. The molecule has 2 aromatic rings. The molecule has 1 unspecified atom stereocenters. The number of aromatic nitrogens is 3. The van der Waals surface area contributed by atoms with Crippen LogP contribution in [0.25, 0.3) is 11.2 Å². The van der Waals surface area contributed by atoms with Gasteiger partial charge < -0.3 is 15.0 Å². The number of imidazole rings is 1. The van der Waals surface area contributed by atoms with Gasteiger partial charge >= 0.3 is 5.69 Å². The summed E-state index contributed by atoms with van der Waals surface area (Å²) in [5.74, 6) is 0.205. The Balaban J connectivity index is 1.72. The Morgan fingerprint density at radius 1 is 1.38 bits per heavy atom. The lowest BCUT2D eigenvalue weighted by Gasteiger charge is -2.28. The number of hydrogen-bond acceptors (Lipinski definition) is 4. The van der Waals surface area contributed by atoms with E-state index >= 15 is 0 Å². The number of amides is 1. The van der Waals surface area contributed by atoms with Crippen molar-refractivity contribution in [2.75, 3.05) is 13.2 Å². The monoisotopic (exact) mass is 290 g/mol. The minimum Gasteiger partial charge on any atom is -0.381 e. The molecule has 21 heavy (non-hydrogen) atoms. The molecule has 2 aromatic heterocycles. The number of pyridine rings is 1. The minimum atomic E-state index is -0.328. The van der Waals surface area contributed by atoms with Crippen LogP contribution in [0.1, 0.15) is 30.3 Å². The van der Waals surface area contributed by atoms with Crippen LogP contribution in [0.3, 0.4) is 0 Å². The van der Waals surface area contributed by atoms with Gasteiger partial charge in [-0.3, -0.25) is 9.78 Å². The fraction of sp³-hybridized carbons (Fsp3) is 0.500. The van der Waals surface area contributed by atoms with Gasteiger partial charge in [0.2, 0.25) is 0 Å². The van der Waals surface area contributed by atoms with Crippen LogP contribution >= 0.6 is 0 Å². The predicted molar refractivity (Wildman–Crippen MR) is 77.2 cm³/mol. The molecule has 0 spiro atoms. The molecule has 1 aliphatic rings. The molecule has 3 heterocycles. The number of carbonyl (C=O) groups is 1. The summed E-state index contributed by atoms with van der Waals surface area (Å²) in [7, 11) is 0. The van der Waals surface area contributed by atoms with Crippen molar-refractivity contribution in [3.8, 4) is 0 Å². The molecule has 3 rings (SSSR count). The first-order valence-corrected chi connectivity index (χ1v) is 7.11. The van der Waals surface area contributed by atoms with Gasteiger partial charge in [0.05, 0.1) is 5.52 Å². The Bertz CT molecular complexity index is 700. The average molecular weight is 290 g/mol. The molecule has 1 atom stereocenters. The number of H-pyrrole nitrogens is 2. The fourth-order valence-electron chi connectivity index (χ4n) is 2.66. The highest BCUT2D eigenvalue weighted by Crippen LogP contribution is 2.18. The first-order chi connectivity index (χ1) is 10.1. The Hall–Kier alpha value is -2.15. The molecule has 112 valence electrons. The van der Waals surface area contributed by atoms with Crippen molar-refractivity contribution in [2.24, 2.45) is 5.92 Å². The van der Waals surface area contributed by atoms with Gasteiger partial charge in [0, 0.05) is 19.3 Å². The highest BCUT2D eigenvalue weighted by atomic mass is 16.5. The van der Waals surface area contributed by atoms with Crippen molar-refractivity contribution < 1.29 is 9.53 Å². The summed E-state index contributed by atoms with van der Waals surface area (Å²) in [6.45, 7) is 3.50. The van der Waals surface area contributed by atoms with E-state index in [1.54, 1.807) is 12.1 Å². The third kappa shape index (κ3) is 2.97. The summed E-state index contributed by atoms with van der Waals surface area (Å²) < 4.78 is 5.33. The lowest BCUT2D eigenvalue weighted by atomic mass is 9.93. The Morgan fingerprint density at radius 2 is 2.14 bits per heavy atom. The third-order valence-corrected chi connectivity index (χ3v) is 3.94. The van der Waals surface area contributed by atoms with Gasteiger partial charge in [-0.1, -0.05) is 0 Å².